The number of nitrogens with zero attached hydrogens (tertiary/aromatic N) is 8. The Kier molecular flexibility index (Phi) is 4.80. The van der Waals surface area contributed by atoms with Crippen LogP contribution in [0.3, 0.4) is 0 Å². The van der Waals surface area contributed by atoms with Gasteiger partial charge in [0.1, 0.15) is 0 Å². The van der Waals surface area contributed by atoms with E-state index in [1.807, 2.05) is 96.4 Å². The minimum atomic E-state index is -0.0538. The average Bonchev–Trinajstić information content (AvgIpc) is 2.91. The predicted molar refractivity (Wildman–Crippen MR) is 140 cm³/mol. The third-order valence-corrected chi connectivity index (χ3v) is 6.00. The molecule has 0 saturated heterocycles. The zero-order valence-electron chi connectivity index (χ0n) is 19.5. The van der Waals surface area contributed by atoms with Crippen LogP contribution in [-0.4, -0.2) is 19.9 Å². The molecule has 0 fully saturated rings. The summed E-state index contributed by atoms with van der Waals surface area (Å²) in [4.78, 5) is 30.0. The maximum Gasteiger partial charge on any atom is 0.300 e. The van der Waals surface area contributed by atoms with Crippen molar-refractivity contribution in [2.75, 3.05) is 9.80 Å². The zero-order valence-corrected chi connectivity index (χ0v) is 19.5. The smallest absolute Gasteiger partial charge is 0.300 e. The van der Waals surface area contributed by atoms with Crippen LogP contribution in [0.2, 0.25) is 0 Å². The van der Waals surface area contributed by atoms with Gasteiger partial charge in [-0.1, -0.05) is 60.7 Å². The zero-order chi connectivity index (χ0) is 24.8. The fourth-order valence-corrected chi connectivity index (χ4v) is 4.21. The Bertz CT molecular complexity index is 1600. The van der Waals surface area contributed by atoms with Crippen LogP contribution in [0.15, 0.2) is 72.8 Å². The highest BCUT2D eigenvalue weighted by Gasteiger charge is 2.41. The standard InChI is InChI=1S/C28H18N8/c1-17-9-13-19(14-10-17)35-25-26(32-22-8-6-5-7-21(22)31-25)36(20-15-11-18(2)12-16-20)28-27(35)33-23(29-3)24(30-4)34-28/h5-16H,1-2H3. The molecular formula is C28H18N8. The van der Waals surface area contributed by atoms with Crippen LogP contribution in [0.1, 0.15) is 11.1 Å². The summed E-state index contributed by atoms with van der Waals surface area (Å²) >= 11 is 0. The quantitative estimate of drug-likeness (QED) is 0.248. The van der Waals surface area contributed by atoms with Crippen LogP contribution >= 0.6 is 0 Å². The van der Waals surface area contributed by atoms with Crippen molar-refractivity contribution in [1.82, 2.24) is 19.9 Å². The highest BCUT2D eigenvalue weighted by atomic mass is 15.4. The van der Waals surface area contributed by atoms with Crippen molar-refractivity contribution in [2.24, 2.45) is 0 Å². The van der Waals surface area contributed by atoms with E-state index in [-0.39, 0.29) is 11.6 Å². The lowest BCUT2D eigenvalue weighted by Gasteiger charge is -2.33. The summed E-state index contributed by atoms with van der Waals surface area (Å²) < 4.78 is 0. The SMILES string of the molecule is [C-]#[N+]c1nc2c(nc1[N+]#[C-])N(c1ccc(C)cc1)c1nc3ccccc3nc1N2c1ccc(C)cc1. The molecule has 8 heteroatoms. The maximum absolute atomic E-state index is 7.61. The van der Waals surface area contributed by atoms with E-state index in [0.29, 0.717) is 23.3 Å². The number of aromatic nitrogens is 4. The van der Waals surface area contributed by atoms with Crippen LogP contribution in [0, 0.1) is 27.0 Å². The minimum absolute atomic E-state index is 0.0538. The second-order valence-electron chi connectivity index (χ2n) is 8.44. The van der Waals surface area contributed by atoms with Gasteiger partial charge in [0.15, 0.2) is 11.6 Å². The molecule has 0 amide bonds. The van der Waals surface area contributed by atoms with Crippen molar-refractivity contribution in [3.05, 3.63) is 107 Å². The summed E-state index contributed by atoms with van der Waals surface area (Å²) in [5.74, 6) is 1.84. The molecule has 1 aliphatic heterocycles. The topological polar surface area (TPSA) is 66.8 Å². The van der Waals surface area contributed by atoms with Crippen molar-refractivity contribution in [2.45, 2.75) is 13.8 Å². The fourth-order valence-electron chi connectivity index (χ4n) is 4.21. The van der Waals surface area contributed by atoms with Crippen molar-refractivity contribution >= 4 is 57.3 Å². The van der Waals surface area contributed by atoms with Gasteiger partial charge in [0.05, 0.1) is 22.4 Å². The summed E-state index contributed by atoms with van der Waals surface area (Å²) in [6.45, 7) is 19.3. The Balaban J connectivity index is 1.74. The summed E-state index contributed by atoms with van der Waals surface area (Å²) in [5.41, 5.74) is 5.29. The first-order chi connectivity index (χ1) is 17.6. The van der Waals surface area contributed by atoms with Gasteiger partial charge in [-0.05, 0) is 50.2 Å². The Morgan fingerprint density at radius 1 is 0.528 bits per heavy atom. The molecule has 3 heterocycles. The second kappa shape index (κ2) is 8.15. The highest BCUT2D eigenvalue weighted by molar-refractivity contribution is 5.99. The van der Waals surface area contributed by atoms with Gasteiger partial charge in [-0.2, -0.15) is 0 Å². The van der Waals surface area contributed by atoms with Gasteiger partial charge < -0.3 is 9.69 Å². The molecule has 0 N–H and O–H groups in total. The number of rotatable bonds is 2. The Hall–Kier alpha value is -5.34. The lowest BCUT2D eigenvalue weighted by Crippen LogP contribution is -2.28. The number of aryl methyl sites for hydroxylation is 2. The fraction of sp³-hybridized carbons (Fsp3) is 0.0714. The van der Waals surface area contributed by atoms with E-state index in [4.69, 9.17) is 23.1 Å². The summed E-state index contributed by atoms with van der Waals surface area (Å²) in [6, 6.07) is 23.6. The molecule has 0 spiro atoms. The normalized spacial score (nSPS) is 12.0. The third-order valence-electron chi connectivity index (χ3n) is 6.00. The predicted octanol–water partition coefficient (Wildman–Crippen LogP) is 7.39. The van der Waals surface area contributed by atoms with E-state index in [1.54, 1.807) is 0 Å². The van der Waals surface area contributed by atoms with Crippen LogP contribution in [0.4, 0.5) is 46.3 Å². The van der Waals surface area contributed by atoms with Crippen molar-refractivity contribution < 1.29 is 0 Å². The van der Waals surface area contributed by atoms with E-state index >= 15 is 0 Å². The molecule has 170 valence electrons. The molecule has 6 rings (SSSR count). The number of benzene rings is 3. The Morgan fingerprint density at radius 2 is 0.889 bits per heavy atom. The summed E-state index contributed by atoms with van der Waals surface area (Å²) in [6.07, 6.45) is 0. The molecule has 1 aliphatic rings. The van der Waals surface area contributed by atoms with Gasteiger partial charge in [-0.15, -0.1) is 9.97 Å². The monoisotopic (exact) mass is 466 g/mol. The molecule has 8 nitrogen and oxygen atoms in total. The molecule has 0 aliphatic carbocycles. The van der Waals surface area contributed by atoms with Crippen LogP contribution < -0.4 is 9.80 Å². The first kappa shape index (κ1) is 21.2. The number of anilines is 6. The van der Waals surface area contributed by atoms with Crippen LogP contribution in [0.25, 0.3) is 20.7 Å². The molecule has 0 saturated carbocycles. The number of fused-ring (bicyclic) bond motifs is 3. The van der Waals surface area contributed by atoms with Gasteiger partial charge in [0, 0.05) is 0 Å². The van der Waals surface area contributed by atoms with Crippen molar-refractivity contribution in [3.8, 4) is 0 Å². The maximum atomic E-state index is 7.61. The summed E-state index contributed by atoms with van der Waals surface area (Å²) in [5, 5.41) is 0. The molecule has 0 bridgehead atoms. The molecule has 2 aromatic heterocycles. The molecule has 36 heavy (non-hydrogen) atoms. The van der Waals surface area contributed by atoms with Gasteiger partial charge >= 0.3 is 11.6 Å². The first-order valence-corrected chi connectivity index (χ1v) is 11.2. The van der Waals surface area contributed by atoms with E-state index < -0.39 is 0 Å². The van der Waals surface area contributed by atoms with Crippen molar-refractivity contribution in [1.29, 1.82) is 0 Å². The Morgan fingerprint density at radius 3 is 1.25 bits per heavy atom. The lowest BCUT2D eigenvalue weighted by atomic mass is 10.1. The van der Waals surface area contributed by atoms with Crippen LogP contribution in [0.5, 0.6) is 0 Å². The van der Waals surface area contributed by atoms with E-state index in [9.17, 15) is 0 Å². The number of hydrogen-bond donors (Lipinski definition) is 0. The largest absolute Gasteiger partial charge is 0.370 e. The van der Waals surface area contributed by atoms with Crippen LogP contribution in [-0.2, 0) is 0 Å². The summed E-state index contributed by atoms with van der Waals surface area (Å²) in [7, 11) is 0. The number of hydrogen-bond acceptors (Lipinski definition) is 6. The Labute approximate surface area is 207 Å². The molecule has 0 atom stereocenters. The third kappa shape index (κ3) is 3.29. The molecule has 0 unspecified atom stereocenters. The van der Waals surface area contributed by atoms with Gasteiger partial charge in [-0.25, -0.2) is 9.97 Å². The molecule has 0 radical (unpaired) electrons. The average molecular weight is 467 g/mol. The van der Waals surface area contributed by atoms with E-state index in [2.05, 4.69) is 19.7 Å². The highest BCUT2D eigenvalue weighted by Crippen LogP contribution is 2.52. The molecular weight excluding hydrogens is 448 g/mol. The second-order valence-corrected chi connectivity index (χ2v) is 8.44. The van der Waals surface area contributed by atoms with Gasteiger partial charge in [0.25, 0.3) is 11.6 Å². The van der Waals surface area contributed by atoms with E-state index in [0.717, 1.165) is 33.5 Å². The van der Waals surface area contributed by atoms with Gasteiger partial charge in [0.2, 0.25) is 0 Å². The first-order valence-electron chi connectivity index (χ1n) is 11.2. The number of para-hydroxylation sites is 2. The minimum Gasteiger partial charge on any atom is -0.370 e. The van der Waals surface area contributed by atoms with Crippen molar-refractivity contribution in [3.63, 3.8) is 0 Å². The lowest BCUT2D eigenvalue weighted by molar-refractivity contribution is 1.02. The molecule has 3 aromatic carbocycles. The molecule has 5 aromatic rings. The van der Waals surface area contributed by atoms with Gasteiger partial charge in [-0.3, -0.25) is 9.80 Å². The van der Waals surface area contributed by atoms with E-state index in [1.165, 1.54) is 0 Å².